The zero-order chi connectivity index (χ0) is 26.0. The number of aliphatic hydroxyl groups excluding tert-OH is 1. The van der Waals surface area contributed by atoms with Crippen molar-refractivity contribution in [3.63, 3.8) is 0 Å². The van der Waals surface area contributed by atoms with Gasteiger partial charge in [-0.1, -0.05) is 12.1 Å². The maximum Gasteiger partial charge on any atom is 0.300 e. The number of amides is 1. The van der Waals surface area contributed by atoms with Crippen LogP contribution in [0.1, 0.15) is 31.0 Å². The van der Waals surface area contributed by atoms with E-state index in [1.807, 2.05) is 0 Å². The van der Waals surface area contributed by atoms with Gasteiger partial charge in [-0.05, 0) is 55.8 Å². The zero-order valence-electron chi connectivity index (χ0n) is 19.5. The Bertz CT molecular complexity index is 1370. The van der Waals surface area contributed by atoms with Crippen LogP contribution in [0.2, 0.25) is 0 Å². The van der Waals surface area contributed by atoms with Crippen LogP contribution in [0, 0.1) is 11.6 Å². The summed E-state index contributed by atoms with van der Waals surface area (Å²) < 4.78 is 39.5. The monoisotopic (exact) mass is 495 g/mol. The van der Waals surface area contributed by atoms with Gasteiger partial charge in [0.2, 0.25) is 0 Å². The lowest BCUT2D eigenvalue weighted by Gasteiger charge is -2.26. The van der Waals surface area contributed by atoms with E-state index in [2.05, 4.69) is 0 Å². The number of rotatable bonds is 7. The number of nitrogens with zero attached hydrogens (tertiary/aromatic N) is 1. The molecule has 0 aliphatic carbocycles. The number of benzene rings is 3. The molecule has 1 aliphatic rings. The Morgan fingerprint density at radius 1 is 0.972 bits per heavy atom. The molecule has 3 aromatic rings. The Labute approximate surface area is 205 Å². The Morgan fingerprint density at radius 2 is 1.72 bits per heavy atom. The van der Waals surface area contributed by atoms with Crippen molar-refractivity contribution in [2.24, 2.45) is 0 Å². The number of aromatic hydroxyl groups is 1. The van der Waals surface area contributed by atoms with Crippen molar-refractivity contribution in [1.82, 2.24) is 0 Å². The summed E-state index contributed by atoms with van der Waals surface area (Å²) in [4.78, 5) is 27.3. The summed E-state index contributed by atoms with van der Waals surface area (Å²) in [5, 5.41) is 21.4. The molecule has 1 saturated heterocycles. The van der Waals surface area contributed by atoms with Crippen LogP contribution in [0.15, 0.2) is 66.2 Å². The fourth-order valence-corrected chi connectivity index (χ4v) is 4.14. The molecule has 36 heavy (non-hydrogen) atoms. The number of hydrogen-bond acceptors (Lipinski definition) is 6. The van der Waals surface area contributed by atoms with Crippen molar-refractivity contribution in [3.05, 3.63) is 89.0 Å². The highest BCUT2D eigenvalue weighted by Gasteiger charge is 2.48. The molecule has 0 radical (unpaired) electrons. The van der Waals surface area contributed by atoms with E-state index in [1.54, 1.807) is 26.0 Å². The first kappa shape index (κ1) is 24.7. The van der Waals surface area contributed by atoms with Gasteiger partial charge in [0, 0.05) is 12.1 Å². The van der Waals surface area contributed by atoms with E-state index < -0.39 is 35.1 Å². The van der Waals surface area contributed by atoms with Gasteiger partial charge in [0.05, 0.1) is 36.1 Å². The number of ketones is 1. The second-order valence-electron chi connectivity index (χ2n) is 7.88. The molecule has 186 valence electrons. The van der Waals surface area contributed by atoms with Gasteiger partial charge in [0.1, 0.15) is 34.6 Å². The van der Waals surface area contributed by atoms with Gasteiger partial charge < -0.3 is 19.7 Å². The van der Waals surface area contributed by atoms with Crippen LogP contribution in [-0.4, -0.2) is 35.1 Å². The molecule has 0 aromatic heterocycles. The summed E-state index contributed by atoms with van der Waals surface area (Å²) in [6.45, 7) is 4.17. The van der Waals surface area contributed by atoms with Gasteiger partial charge in [-0.2, -0.15) is 0 Å². The largest absolute Gasteiger partial charge is 0.508 e. The molecule has 4 rings (SSSR count). The average Bonchev–Trinajstić information content (AvgIpc) is 3.10. The van der Waals surface area contributed by atoms with E-state index in [4.69, 9.17) is 9.47 Å². The topological polar surface area (TPSA) is 96.3 Å². The average molecular weight is 495 g/mol. The number of carbonyl (C=O) groups excluding carboxylic acids is 2. The quantitative estimate of drug-likeness (QED) is 0.269. The Morgan fingerprint density at radius 3 is 2.39 bits per heavy atom. The summed E-state index contributed by atoms with van der Waals surface area (Å²) in [5.41, 5.74) is -0.367. The molecule has 0 saturated carbocycles. The summed E-state index contributed by atoms with van der Waals surface area (Å²) in [6, 6.07) is 11.5. The molecule has 1 unspecified atom stereocenters. The molecule has 1 fully saturated rings. The van der Waals surface area contributed by atoms with E-state index in [-0.39, 0.29) is 40.5 Å². The van der Waals surface area contributed by atoms with Crippen LogP contribution in [0.4, 0.5) is 14.5 Å². The number of phenols is 1. The van der Waals surface area contributed by atoms with E-state index in [0.717, 1.165) is 17.0 Å². The number of halogens is 2. The van der Waals surface area contributed by atoms with E-state index in [9.17, 15) is 28.6 Å². The number of aliphatic hydroxyl groups is 1. The van der Waals surface area contributed by atoms with Gasteiger partial charge in [0.15, 0.2) is 0 Å². The lowest BCUT2D eigenvalue weighted by molar-refractivity contribution is -0.132. The summed E-state index contributed by atoms with van der Waals surface area (Å²) in [5.74, 6) is -4.20. The Kier molecular flexibility index (Phi) is 6.91. The highest BCUT2D eigenvalue weighted by Crippen LogP contribution is 2.44. The fourth-order valence-electron chi connectivity index (χ4n) is 4.14. The Balaban J connectivity index is 1.97. The highest BCUT2D eigenvalue weighted by atomic mass is 19.1. The van der Waals surface area contributed by atoms with Crippen molar-refractivity contribution in [2.75, 3.05) is 18.1 Å². The summed E-state index contributed by atoms with van der Waals surface area (Å²) >= 11 is 0. The molecule has 3 aromatic carbocycles. The number of ether oxygens (including phenoxy) is 2. The first-order valence-electron chi connectivity index (χ1n) is 11.2. The third-order valence-corrected chi connectivity index (χ3v) is 5.62. The van der Waals surface area contributed by atoms with E-state index in [1.165, 1.54) is 30.3 Å². The molecule has 1 amide bonds. The maximum atomic E-state index is 14.8. The van der Waals surface area contributed by atoms with Gasteiger partial charge in [0.25, 0.3) is 11.7 Å². The first-order chi connectivity index (χ1) is 17.3. The van der Waals surface area contributed by atoms with Crippen molar-refractivity contribution >= 4 is 23.1 Å². The molecule has 0 spiro atoms. The minimum absolute atomic E-state index is 0.114. The molecular formula is C27H23F2NO6. The van der Waals surface area contributed by atoms with Crippen LogP contribution in [-0.2, 0) is 9.59 Å². The van der Waals surface area contributed by atoms with E-state index in [0.29, 0.717) is 18.4 Å². The molecular weight excluding hydrogens is 472 g/mol. The number of phenolic OH excluding ortho intramolecular Hbond substituents is 1. The third kappa shape index (κ3) is 4.47. The normalized spacial score (nSPS) is 16.9. The molecule has 1 heterocycles. The lowest BCUT2D eigenvalue weighted by atomic mass is 9.94. The van der Waals surface area contributed by atoms with Crippen molar-refractivity contribution in [3.8, 4) is 17.2 Å². The van der Waals surface area contributed by atoms with Gasteiger partial charge in [-0.3, -0.25) is 14.5 Å². The first-order valence-corrected chi connectivity index (χ1v) is 11.2. The molecule has 0 bridgehead atoms. The molecule has 1 atom stereocenters. The van der Waals surface area contributed by atoms with Crippen LogP contribution < -0.4 is 14.4 Å². The second-order valence-corrected chi connectivity index (χ2v) is 7.88. The zero-order valence-corrected chi connectivity index (χ0v) is 19.5. The predicted molar refractivity (Wildman–Crippen MR) is 128 cm³/mol. The molecule has 9 heteroatoms. The van der Waals surface area contributed by atoms with Gasteiger partial charge in [-0.15, -0.1) is 0 Å². The highest BCUT2D eigenvalue weighted by molar-refractivity contribution is 6.51. The molecule has 7 nitrogen and oxygen atoms in total. The minimum atomic E-state index is -1.32. The minimum Gasteiger partial charge on any atom is -0.508 e. The number of carbonyl (C=O) groups is 2. The van der Waals surface area contributed by atoms with Crippen LogP contribution in [0.3, 0.4) is 0 Å². The molecule has 2 N–H and O–H groups in total. The van der Waals surface area contributed by atoms with Gasteiger partial charge in [-0.25, -0.2) is 8.78 Å². The fraction of sp³-hybridized carbons (Fsp3) is 0.185. The van der Waals surface area contributed by atoms with Crippen LogP contribution in [0.5, 0.6) is 17.2 Å². The standard InChI is InChI=1S/C27H23F2NO6/c1-3-35-18-9-10-19(22(14-18)36-4-2)25(32)23-24(15-6-5-7-17(31)12-15)30(27(34)26(23)33)21-11-8-16(28)13-20(21)29/h5-14,24,31-32H,3-4H2,1-2H3/b25-23-. The predicted octanol–water partition coefficient (Wildman–Crippen LogP) is 5.09. The second kappa shape index (κ2) is 10.1. The SMILES string of the molecule is CCOc1ccc(/C(O)=C2/C(=O)C(=O)N(c3ccc(F)cc3F)C2c2cccc(O)c2)c(OCC)c1. The lowest BCUT2D eigenvalue weighted by Crippen LogP contribution is -2.30. The van der Waals surface area contributed by atoms with Crippen molar-refractivity contribution in [2.45, 2.75) is 19.9 Å². The van der Waals surface area contributed by atoms with Crippen molar-refractivity contribution < 1.29 is 38.1 Å². The van der Waals surface area contributed by atoms with Crippen molar-refractivity contribution in [1.29, 1.82) is 0 Å². The summed E-state index contributed by atoms with van der Waals surface area (Å²) in [6.07, 6.45) is 0. The Hall–Kier alpha value is -4.40. The smallest absolute Gasteiger partial charge is 0.300 e. The summed E-state index contributed by atoms with van der Waals surface area (Å²) in [7, 11) is 0. The molecule has 1 aliphatic heterocycles. The third-order valence-electron chi connectivity index (χ3n) is 5.62. The van der Waals surface area contributed by atoms with Crippen LogP contribution in [0.25, 0.3) is 5.76 Å². The number of hydrogen-bond donors (Lipinski definition) is 2. The maximum absolute atomic E-state index is 14.8. The van der Waals surface area contributed by atoms with Gasteiger partial charge >= 0.3 is 0 Å². The number of anilines is 1. The van der Waals surface area contributed by atoms with E-state index >= 15 is 0 Å². The van der Waals surface area contributed by atoms with Crippen LogP contribution >= 0.6 is 0 Å². The number of Topliss-reactive ketones (excluding diaryl/α,β-unsaturated/α-hetero) is 1.